The molecule has 2 bridgehead atoms. The van der Waals surface area contributed by atoms with Crippen LogP contribution in [0.5, 0.6) is 0 Å². The van der Waals surface area contributed by atoms with Crippen LogP contribution in [0.3, 0.4) is 0 Å². The highest BCUT2D eigenvalue weighted by Gasteiger charge is 2.29. The molecule has 90 valence electrons. The molecule has 0 saturated heterocycles. The Morgan fingerprint density at radius 3 is 2.39 bits per heavy atom. The molecular weight excluding hydrogens is 220 g/mol. The van der Waals surface area contributed by atoms with Gasteiger partial charge in [-0.15, -0.1) is 0 Å². The van der Waals surface area contributed by atoms with Crippen molar-refractivity contribution in [3.8, 4) is 0 Å². The first-order valence-electron chi connectivity index (χ1n) is 6.89. The third kappa shape index (κ3) is 1.37. The van der Waals surface area contributed by atoms with Gasteiger partial charge in [0.25, 0.3) is 0 Å². The fraction of sp³-hybridized carbons (Fsp3) is 0.353. The maximum atomic E-state index is 12.1. The monoisotopic (exact) mass is 236 g/mol. The molecule has 4 aliphatic rings. The lowest BCUT2D eigenvalue weighted by molar-refractivity contribution is -0.115. The topological polar surface area (TPSA) is 17.1 Å². The lowest BCUT2D eigenvalue weighted by Gasteiger charge is -2.26. The zero-order valence-electron chi connectivity index (χ0n) is 10.4. The normalized spacial score (nSPS) is 27.9. The first-order chi connectivity index (χ1) is 8.83. The van der Waals surface area contributed by atoms with Crippen LogP contribution in [0.25, 0.3) is 0 Å². The first-order valence-corrected chi connectivity index (χ1v) is 6.89. The summed E-state index contributed by atoms with van der Waals surface area (Å²) in [5.74, 6) is 0.528. The maximum absolute atomic E-state index is 12.1. The SMILES string of the molecule is O=C1C=CC2C=CC1c1cc3c(cc12)CCCC3. The predicted octanol–water partition coefficient (Wildman–Crippen LogP) is 3.44. The molecule has 1 aromatic rings. The molecule has 4 aliphatic carbocycles. The number of fused-ring (bicyclic) bond motifs is 2. The third-order valence-electron chi connectivity index (χ3n) is 4.53. The van der Waals surface area contributed by atoms with E-state index >= 15 is 0 Å². The van der Waals surface area contributed by atoms with E-state index in [0.29, 0.717) is 5.92 Å². The second-order valence-corrected chi connectivity index (χ2v) is 5.61. The fourth-order valence-corrected chi connectivity index (χ4v) is 3.54. The van der Waals surface area contributed by atoms with E-state index in [1.54, 1.807) is 6.08 Å². The van der Waals surface area contributed by atoms with Gasteiger partial charge in [0.1, 0.15) is 0 Å². The molecule has 2 unspecified atom stereocenters. The zero-order chi connectivity index (χ0) is 12.1. The van der Waals surface area contributed by atoms with Gasteiger partial charge in [-0.1, -0.05) is 30.4 Å². The van der Waals surface area contributed by atoms with Gasteiger partial charge in [-0.25, -0.2) is 0 Å². The zero-order valence-corrected chi connectivity index (χ0v) is 10.4. The van der Waals surface area contributed by atoms with Crippen molar-refractivity contribution in [3.63, 3.8) is 0 Å². The van der Waals surface area contributed by atoms with Crippen LogP contribution in [0.4, 0.5) is 0 Å². The van der Waals surface area contributed by atoms with Crippen LogP contribution in [0, 0.1) is 0 Å². The fourth-order valence-electron chi connectivity index (χ4n) is 3.54. The summed E-state index contributed by atoms with van der Waals surface area (Å²) in [7, 11) is 0. The van der Waals surface area contributed by atoms with Crippen molar-refractivity contribution in [1.29, 1.82) is 0 Å². The molecular formula is C17H16O. The summed E-state index contributed by atoms with van der Waals surface area (Å²) in [6, 6.07) is 4.68. The van der Waals surface area contributed by atoms with E-state index in [-0.39, 0.29) is 11.7 Å². The van der Waals surface area contributed by atoms with Crippen LogP contribution in [0.15, 0.2) is 36.4 Å². The summed E-state index contributed by atoms with van der Waals surface area (Å²) in [5, 5.41) is 0. The van der Waals surface area contributed by atoms with Gasteiger partial charge >= 0.3 is 0 Å². The molecule has 0 N–H and O–H groups in total. The molecule has 0 spiro atoms. The smallest absolute Gasteiger partial charge is 0.166 e. The molecule has 0 aliphatic heterocycles. The van der Waals surface area contributed by atoms with Gasteiger partial charge in [-0.3, -0.25) is 4.79 Å². The Morgan fingerprint density at radius 2 is 1.61 bits per heavy atom. The van der Waals surface area contributed by atoms with Crippen LogP contribution < -0.4 is 0 Å². The van der Waals surface area contributed by atoms with Gasteiger partial charge in [0.15, 0.2) is 5.78 Å². The van der Waals surface area contributed by atoms with E-state index in [4.69, 9.17) is 0 Å². The maximum Gasteiger partial charge on any atom is 0.166 e. The van der Waals surface area contributed by atoms with Crippen LogP contribution in [0.1, 0.15) is 46.9 Å². The number of ketones is 1. The summed E-state index contributed by atoms with van der Waals surface area (Å²) in [6.45, 7) is 0. The lowest BCUT2D eigenvalue weighted by atomic mass is 9.78. The van der Waals surface area contributed by atoms with Crippen LogP contribution >= 0.6 is 0 Å². The van der Waals surface area contributed by atoms with E-state index in [0.717, 1.165) is 0 Å². The molecule has 0 fully saturated rings. The van der Waals surface area contributed by atoms with Crippen LogP contribution in [-0.4, -0.2) is 5.78 Å². The van der Waals surface area contributed by atoms with Gasteiger partial charge in [-0.2, -0.15) is 0 Å². The Balaban J connectivity index is 1.94. The largest absolute Gasteiger partial charge is 0.294 e. The van der Waals surface area contributed by atoms with Crippen LogP contribution in [0.2, 0.25) is 0 Å². The van der Waals surface area contributed by atoms with Gasteiger partial charge in [0.05, 0.1) is 5.92 Å². The second-order valence-electron chi connectivity index (χ2n) is 5.61. The Hall–Kier alpha value is -1.63. The number of carbonyl (C=O) groups is 1. The molecule has 1 nitrogen and oxygen atoms in total. The molecule has 0 heterocycles. The quantitative estimate of drug-likeness (QED) is 0.631. The summed E-state index contributed by atoms with van der Waals surface area (Å²) in [5.41, 5.74) is 5.62. The molecule has 0 aromatic heterocycles. The minimum atomic E-state index is -0.0257. The van der Waals surface area contributed by atoms with E-state index in [9.17, 15) is 4.79 Å². The highest BCUT2D eigenvalue weighted by molar-refractivity contribution is 5.99. The van der Waals surface area contributed by atoms with E-state index in [2.05, 4.69) is 30.4 Å². The van der Waals surface area contributed by atoms with Gasteiger partial charge in [-0.05, 0) is 54.0 Å². The number of benzene rings is 1. The minimum absolute atomic E-state index is 0.0257. The average molecular weight is 236 g/mol. The summed E-state index contributed by atoms with van der Waals surface area (Å²) in [6.07, 6.45) is 13.1. The Morgan fingerprint density at radius 1 is 0.889 bits per heavy atom. The third-order valence-corrected chi connectivity index (χ3v) is 4.53. The Kier molecular flexibility index (Phi) is 2.11. The number of allylic oxidation sites excluding steroid dienone is 4. The molecule has 0 saturated carbocycles. The van der Waals surface area contributed by atoms with E-state index in [1.165, 1.54) is 47.9 Å². The van der Waals surface area contributed by atoms with Crippen molar-refractivity contribution in [2.45, 2.75) is 37.5 Å². The molecule has 5 rings (SSSR count). The number of hydrogen-bond acceptors (Lipinski definition) is 1. The summed E-state index contributed by atoms with van der Waals surface area (Å²) < 4.78 is 0. The van der Waals surface area contributed by atoms with Gasteiger partial charge < -0.3 is 0 Å². The minimum Gasteiger partial charge on any atom is -0.294 e. The predicted molar refractivity (Wildman–Crippen MR) is 71.9 cm³/mol. The van der Waals surface area contributed by atoms with Gasteiger partial charge in [0.2, 0.25) is 0 Å². The molecule has 0 amide bonds. The molecule has 0 radical (unpaired) electrons. The molecule has 18 heavy (non-hydrogen) atoms. The molecule has 1 aromatic carbocycles. The van der Waals surface area contributed by atoms with Crippen LogP contribution in [-0.2, 0) is 17.6 Å². The summed E-state index contributed by atoms with van der Waals surface area (Å²) in [4.78, 5) is 12.1. The highest BCUT2D eigenvalue weighted by Crippen LogP contribution is 2.40. The van der Waals surface area contributed by atoms with Crippen molar-refractivity contribution >= 4 is 5.78 Å². The van der Waals surface area contributed by atoms with E-state index < -0.39 is 0 Å². The van der Waals surface area contributed by atoms with Crippen molar-refractivity contribution in [2.75, 3.05) is 0 Å². The van der Waals surface area contributed by atoms with Crippen molar-refractivity contribution in [3.05, 3.63) is 58.7 Å². The lowest BCUT2D eigenvalue weighted by Crippen LogP contribution is -2.14. The van der Waals surface area contributed by atoms with Crippen molar-refractivity contribution < 1.29 is 4.79 Å². The number of aryl methyl sites for hydroxylation is 2. The highest BCUT2D eigenvalue weighted by atomic mass is 16.1. The number of hydrogen-bond donors (Lipinski definition) is 0. The van der Waals surface area contributed by atoms with Gasteiger partial charge in [0, 0.05) is 5.92 Å². The second kappa shape index (κ2) is 3.68. The first kappa shape index (κ1) is 10.3. The molecule has 2 atom stereocenters. The average Bonchev–Trinajstić information content (AvgIpc) is 2.66. The standard InChI is InChI=1S/C17H16O/c18-17-8-6-11-5-7-14(17)16-10-13-4-2-1-3-12(13)9-15(11)16/h5-11,14H,1-4H2. The Labute approximate surface area is 107 Å². The van der Waals surface area contributed by atoms with Crippen molar-refractivity contribution in [2.24, 2.45) is 0 Å². The summed E-state index contributed by atoms with van der Waals surface area (Å²) >= 11 is 0. The molecule has 1 heteroatoms. The number of carbonyl (C=O) groups excluding carboxylic acids is 1. The van der Waals surface area contributed by atoms with E-state index in [1.807, 2.05) is 0 Å². The number of rotatable bonds is 0. The Bertz CT molecular complexity index is 592. The van der Waals surface area contributed by atoms with Crippen molar-refractivity contribution in [1.82, 2.24) is 0 Å².